The lowest BCUT2D eigenvalue weighted by Crippen LogP contribution is -2.36. The lowest BCUT2D eigenvalue weighted by Gasteiger charge is -2.19. The van der Waals surface area contributed by atoms with Crippen LogP contribution < -0.4 is 31.3 Å². The number of hydrogen-bond donors (Lipinski definition) is 7. The van der Waals surface area contributed by atoms with E-state index in [1.807, 2.05) is 0 Å². The number of likely N-dealkylation sites (N-methyl/N-ethyl adjacent to an activating group) is 1. The lowest BCUT2D eigenvalue weighted by atomic mass is 9.89. The first-order chi connectivity index (χ1) is 35.1. The van der Waals surface area contributed by atoms with Gasteiger partial charge in [0.15, 0.2) is 0 Å². The number of nitrogens with one attached hydrogen (secondary N) is 5. The van der Waals surface area contributed by atoms with Crippen LogP contribution in [0.1, 0.15) is 146 Å². The zero-order valence-electron chi connectivity index (χ0n) is 43.9. The van der Waals surface area contributed by atoms with Crippen molar-refractivity contribution in [3.63, 3.8) is 0 Å². The number of ether oxygens (including phenoxy) is 5. The van der Waals surface area contributed by atoms with Crippen LogP contribution in [0.2, 0.25) is 0 Å². The van der Waals surface area contributed by atoms with Gasteiger partial charge in [-0.1, -0.05) is 45.1 Å². The van der Waals surface area contributed by atoms with Gasteiger partial charge in [0.1, 0.15) is 42.4 Å². The Morgan fingerprint density at radius 1 is 0.562 bits per heavy atom. The van der Waals surface area contributed by atoms with Gasteiger partial charge in [-0.2, -0.15) is 0 Å². The molecule has 414 valence electrons. The fourth-order valence-corrected chi connectivity index (χ4v) is 7.50. The highest BCUT2D eigenvalue weighted by Gasteiger charge is 2.24. The highest BCUT2D eigenvalue weighted by Crippen LogP contribution is 2.18. The maximum Gasteiger partial charge on any atom is 0.335 e. The topological polar surface area (TPSA) is 283 Å². The van der Waals surface area contributed by atoms with Gasteiger partial charge in [-0.25, -0.2) is 9.59 Å². The Labute approximate surface area is 432 Å². The maximum absolute atomic E-state index is 12.9. The number of amides is 3. The molecule has 0 saturated carbocycles. The van der Waals surface area contributed by atoms with E-state index in [0.717, 1.165) is 57.8 Å². The molecule has 0 aliphatic rings. The number of carbonyl (C=O) groups excluding carboxylic acids is 6. The average Bonchev–Trinajstić information content (AvgIpc) is 3.35. The summed E-state index contributed by atoms with van der Waals surface area (Å²) in [5.41, 5.74) is 0.876. The van der Waals surface area contributed by atoms with E-state index in [9.17, 15) is 43.5 Å². The van der Waals surface area contributed by atoms with Gasteiger partial charge >= 0.3 is 11.9 Å². The zero-order valence-corrected chi connectivity index (χ0v) is 43.9. The van der Waals surface area contributed by atoms with Crippen molar-refractivity contribution in [3.8, 4) is 5.75 Å². The van der Waals surface area contributed by atoms with E-state index < -0.39 is 18.0 Å². The second-order valence-corrected chi connectivity index (χ2v) is 18.0. The summed E-state index contributed by atoms with van der Waals surface area (Å²) in [6.45, 7) is 9.96. The van der Waals surface area contributed by atoms with E-state index in [0.29, 0.717) is 76.3 Å². The van der Waals surface area contributed by atoms with E-state index >= 15 is 0 Å². The number of aliphatic carboxylic acids is 1. The summed E-state index contributed by atoms with van der Waals surface area (Å²) >= 11 is 0. The third-order valence-corrected chi connectivity index (χ3v) is 11.8. The van der Waals surface area contributed by atoms with Crippen LogP contribution in [0.4, 0.5) is 0 Å². The minimum absolute atomic E-state index is 0.00508. The molecule has 3 amide bonds. The highest BCUT2D eigenvalue weighted by molar-refractivity contribution is 5.90. The Bertz CT molecular complexity index is 1760. The van der Waals surface area contributed by atoms with Gasteiger partial charge in [-0.3, -0.25) is 28.8 Å². The van der Waals surface area contributed by atoms with Gasteiger partial charge in [-0.15, -0.1) is 0 Å². The van der Waals surface area contributed by atoms with Crippen molar-refractivity contribution in [1.29, 1.82) is 0 Å². The van der Waals surface area contributed by atoms with Crippen molar-refractivity contribution in [3.05, 3.63) is 42.1 Å². The number of unbranched alkanes of at least 4 members (excludes halogenated alkanes) is 8. The molecule has 20 nitrogen and oxygen atoms in total. The van der Waals surface area contributed by atoms with Gasteiger partial charge in [-0.05, 0) is 102 Å². The smallest absolute Gasteiger partial charge is 0.335 e. The summed E-state index contributed by atoms with van der Waals surface area (Å²) in [6, 6.07) is 5.11. The Hall–Kier alpha value is -5.28. The molecular formula is C53H87N5O15. The van der Waals surface area contributed by atoms with Crippen LogP contribution in [-0.2, 0) is 52.5 Å². The summed E-state index contributed by atoms with van der Waals surface area (Å²) in [5.74, 6) is -2.40. The number of carboxylic acid groups (broad SMARTS) is 2. The van der Waals surface area contributed by atoms with Crippen LogP contribution in [0.25, 0.3) is 0 Å². The van der Waals surface area contributed by atoms with Gasteiger partial charge in [0.2, 0.25) is 17.7 Å². The SMILES string of the molecule is C=C(CCCCCCCCCOc1ccc(C(=O)O)cc1)N[C@@H](CCC(=O)CCCOCCOCC(=O)NCCOCCOCC(=O)NCCCC[C@H](NC)C(=O)C[C@@H](CCCCNC(C)=O)C(C)=O)C(=O)O. The molecule has 0 unspecified atom stereocenters. The fraction of sp³-hybridized carbons (Fsp3) is 0.698. The van der Waals surface area contributed by atoms with Crippen LogP contribution in [0.3, 0.4) is 0 Å². The lowest BCUT2D eigenvalue weighted by molar-refractivity contribution is -0.139. The fourth-order valence-electron chi connectivity index (χ4n) is 7.50. The van der Waals surface area contributed by atoms with E-state index in [4.69, 9.17) is 28.8 Å². The highest BCUT2D eigenvalue weighted by atomic mass is 16.5. The largest absolute Gasteiger partial charge is 0.494 e. The van der Waals surface area contributed by atoms with Gasteiger partial charge in [0, 0.05) is 64.0 Å². The molecule has 1 aromatic carbocycles. The molecule has 0 heterocycles. The molecule has 3 atom stereocenters. The number of ketones is 3. The van der Waals surface area contributed by atoms with Crippen molar-refractivity contribution in [1.82, 2.24) is 26.6 Å². The van der Waals surface area contributed by atoms with Crippen molar-refractivity contribution < 1.29 is 72.3 Å². The third kappa shape index (κ3) is 37.2. The van der Waals surface area contributed by atoms with Crippen molar-refractivity contribution in [2.75, 3.05) is 86.1 Å². The van der Waals surface area contributed by atoms with E-state index in [-0.39, 0.29) is 131 Å². The molecule has 0 radical (unpaired) electrons. The number of carboxylic acids is 2. The number of Topliss-reactive ketones (excluding diaryl/α,β-unsaturated/α-hetero) is 3. The maximum atomic E-state index is 12.9. The number of aromatic carboxylic acids is 1. The summed E-state index contributed by atoms with van der Waals surface area (Å²) in [6.07, 6.45) is 13.0. The summed E-state index contributed by atoms with van der Waals surface area (Å²) < 4.78 is 27.3. The summed E-state index contributed by atoms with van der Waals surface area (Å²) in [5, 5.41) is 32.9. The van der Waals surface area contributed by atoms with Crippen molar-refractivity contribution in [2.24, 2.45) is 5.92 Å². The molecule has 0 aliphatic carbocycles. The first-order valence-electron chi connectivity index (χ1n) is 26.1. The summed E-state index contributed by atoms with van der Waals surface area (Å²) in [4.78, 5) is 95.4. The molecule has 7 N–H and O–H groups in total. The first kappa shape index (κ1) is 65.7. The predicted octanol–water partition coefficient (Wildman–Crippen LogP) is 5.10. The molecule has 0 bridgehead atoms. The summed E-state index contributed by atoms with van der Waals surface area (Å²) in [7, 11) is 1.72. The Balaban J connectivity index is 1.97. The number of allylic oxidation sites excluding steroid dienone is 1. The molecule has 0 fully saturated rings. The first-order valence-corrected chi connectivity index (χ1v) is 26.1. The molecule has 0 aliphatic heterocycles. The monoisotopic (exact) mass is 1030 g/mol. The molecular weight excluding hydrogens is 947 g/mol. The molecule has 20 heteroatoms. The van der Waals surface area contributed by atoms with E-state index in [1.54, 1.807) is 19.2 Å². The normalized spacial score (nSPS) is 12.3. The number of benzene rings is 1. The van der Waals surface area contributed by atoms with Crippen LogP contribution in [-0.4, -0.2) is 155 Å². The molecule has 0 spiro atoms. The van der Waals surface area contributed by atoms with Crippen LogP contribution in [0, 0.1) is 5.92 Å². The molecule has 1 rings (SSSR count). The predicted molar refractivity (Wildman–Crippen MR) is 275 cm³/mol. The van der Waals surface area contributed by atoms with Gasteiger partial charge in [0.25, 0.3) is 0 Å². The van der Waals surface area contributed by atoms with Crippen LogP contribution >= 0.6 is 0 Å². The third-order valence-electron chi connectivity index (χ3n) is 11.8. The average molecular weight is 1030 g/mol. The molecule has 0 aromatic heterocycles. The molecule has 73 heavy (non-hydrogen) atoms. The minimum atomic E-state index is -1.03. The molecule has 1 aromatic rings. The minimum Gasteiger partial charge on any atom is -0.494 e. The van der Waals surface area contributed by atoms with Crippen LogP contribution in [0.5, 0.6) is 5.75 Å². The quantitative estimate of drug-likeness (QED) is 0.0418. The van der Waals surface area contributed by atoms with E-state index in [2.05, 4.69) is 33.2 Å². The van der Waals surface area contributed by atoms with Crippen molar-refractivity contribution in [2.45, 2.75) is 148 Å². The van der Waals surface area contributed by atoms with Crippen molar-refractivity contribution >= 4 is 47.0 Å². The standard InChI is InChI=1S/C53H87N5O15/c1-40(17-10-8-6-5-7-9-15-31-73-46-24-21-43(22-25-46)52(65)66)58-48(53(67)68)26-23-45(61)19-16-30-69-33-35-71-39-51(64)57-29-32-70-34-36-72-38-50(63)56-28-14-12-20-47(54-4)49(62)37-44(41(2)59)18-11-13-27-55-42(3)60/h21-22,24-25,44,47-48,54,58H,1,5-20,23,26-39H2,2-4H3,(H,55,60)(H,56,63)(H,57,64)(H,65,66)(H,67,68)/t44-,47+,48+/m1/s1. The van der Waals surface area contributed by atoms with E-state index in [1.165, 1.54) is 26.0 Å². The molecule has 0 saturated heterocycles. The Morgan fingerprint density at radius 3 is 1.74 bits per heavy atom. The Kier molecular flexibility index (Phi) is 38.9. The second-order valence-electron chi connectivity index (χ2n) is 18.0. The van der Waals surface area contributed by atoms with Gasteiger partial charge < -0.3 is 60.5 Å². The number of carbonyl (C=O) groups is 8. The van der Waals surface area contributed by atoms with Crippen LogP contribution in [0.15, 0.2) is 36.5 Å². The zero-order chi connectivity index (χ0) is 53.9. The number of hydrogen-bond acceptors (Lipinski definition) is 15. The Morgan fingerprint density at radius 2 is 1.14 bits per heavy atom. The number of rotatable bonds is 50. The second kappa shape index (κ2) is 43.2. The van der Waals surface area contributed by atoms with Gasteiger partial charge in [0.05, 0.1) is 51.2 Å².